The normalized spacial score (nSPS) is 23.9. The first-order valence-electron chi connectivity index (χ1n) is 6.95. The summed E-state index contributed by atoms with van der Waals surface area (Å²) in [7, 11) is 0. The molecular weight excluding hydrogens is 238 g/mol. The van der Waals surface area contributed by atoms with Gasteiger partial charge in [-0.1, -0.05) is 17.7 Å². The molecule has 1 aliphatic heterocycles. The van der Waals surface area contributed by atoms with E-state index in [9.17, 15) is 4.79 Å². The van der Waals surface area contributed by atoms with E-state index in [1.807, 2.05) is 0 Å². The number of hydrogen-bond donors (Lipinski definition) is 2. The lowest BCUT2D eigenvalue weighted by molar-refractivity contribution is -0.122. The fraction of sp³-hybridized carbons (Fsp3) is 0.533. The Labute approximate surface area is 115 Å². The van der Waals surface area contributed by atoms with E-state index in [4.69, 9.17) is 5.73 Å². The van der Waals surface area contributed by atoms with Gasteiger partial charge in [-0.15, -0.1) is 0 Å². The van der Waals surface area contributed by atoms with Gasteiger partial charge in [-0.05, 0) is 45.4 Å². The third-order valence-corrected chi connectivity index (χ3v) is 3.68. The molecule has 0 aliphatic carbocycles. The molecule has 4 heteroatoms. The SMILES string of the molecule is Cc1ccc(N2CCC(C)NC(=O)C2CCN)cc1. The molecule has 0 aromatic heterocycles. The molecule has 104 valence electrons. The number of benzene rings is 1. The minimum absolute atomic E-state index is 0.0935. The molecule has 2 atom stereocenters. The van der Waals surface area contributed by atoms with Crippen molar-refractivity contribution in [3.8, 4) is 0 Å². The smallest absolute Gasteiger partial charge is 0.242 e. The molecule has 0 radical (unpaired) electrons. The Balaban J connectivity index is 2.27. The van der Waals surface area contributed by atoms with E-state index < -0.39 is 0 Å². The third kappa shape index (κ3) is 3.26. The number of amides is 1. The van der Waals surface area contributed by atoms with Crippen molar-refractivity contribution in [2.45, 2.75) is 38.8 Å². The number of carbonyl (C=O) groups is 1. The van der Waals surface area contributed by atoms with Crippen molar-refractivity contribution in [1.82, 2.24) is 5.32 Å². The lowest BCUT2D eigenvalue weighted by atomic mass is 10.1. The van der Waals surface area contributed by atoms with Gasteiger partial charge in [0.25, 0.3) is 0 Å². The van der Waals surface area contributed by atoms with Crippen molar-refractivity contribution in [2.75, 3.05) is 18.0 Å². The molecule has 19 heavy (non-hydrogen) atoms. The topological polar surface area (TPSA) is 58.4 Å². The number of nitrogens with one attached hydrogen (secondary N) is 1. The van der Waals surface area contributed by atoms with E-state index in [2.05, 4.69) is 48.3 Å². The van der Waals surface area contributed by atoms with Crippen LogP contribution in [0.3, 0.4) is 0 Å². The van der Waals surface area contributed by atoms with Crippen molar-refractivity contribution in [3.05, 3.63) is 29.8 Å². The van der Waals surface area contributed by atoms with Gasteiger partial charge in [0.15, 0.2) is 0 Å². The van der Waals surface area contributed by atoms with Gasteiger partial charge in [-0.3, -0.25) is 4.79 Å². The molecule has 1 saturated heterocycles. The third-order valence-electron chi connectivity index (χ3n) is 3.68. The predicted octanol–water partition coefficient (Wildman–Crippen LogP) is 1.43. The first-order valence-corrected chi connectivity index (χ1v) is 6.95. The molecule has 4 nitrogen and oxygen atoms in total. The molecule has 0 spiro atoms. The van der Waals surface area contributed by atoms with E-state index in [1.54, 1.807) is 0 Å². The molecular formula is C15H23N3O. The first-order chi connectivity index (χ1) is 9.11. The van der Waals surface area contributed by atoms with Gasteiger partial charge in [-0.25, -0.2) is 0 Å². The average molecular weight is 261 g/mol. The van der Waals surface area contributed by atoms with Crippen molar-refractivity contribution < 1.29 is 4.79 Å². The summed E-state index contributed by atoms with van der Waals surface area (Å²) in [5, 5.41) is 3.05. The summed E-state index contributed by atoms with van der Waals surface area (Å²) in [5.41, 5.74) is 8.00. The van der Waals surface area contributed by atoms with Crippen LogP contribution in [0.2, 0.25) is 0 Å². The van der Waals surface area contributed by atoms with Crippen LogP contribution in [0.15, 0.2) is 24.3 Å². The molecule has 1 fully saturated rings. The summed E-state index contributed by atoms with van der Waals surface area (Å²) in [4.78, 5) is 14.4. The Hall–Kier alpha value is -1.55. The summed E-state index contributed by atoms with van der Waals surface area (Å²) >= 11 is 0. The second-order valence-electron chi connectivity index (χ2n) is 5.32. The summed E-state index contributed by atoms with van der Waals surface area (Å²) in [5.74, 6) is 0.0935. The van der Waals surface area contributed by atoms with E-state index in [0.717, 1.165) is 18.7 Å². The first kappa shape index (κ1) is 13.9. The zero-order valence-corrected chi connectivity index (χ0v) is 11.7. The summed E-state index contributed by atoms with van der Waals surface area (Å²) < 4.78 is 0. The molecule has 0 saturated carbocycles. The Morgan fingerprint density at radius 2 is 2.05 bits per heavy atom. The Kier molecular flexibility index (Phi) is 4.43. The van der Waals surface area contributed by atoms with Crippen LogP contribution in [0.25, 0.3) is 0 Å². The van der Waals surface area contributed by atoms with Gasteiger partial charge in [0.05, 0.1) is 0 Å². The Morgan fingerprint density at radius 3 is 2.68 bits per heavy atom. The fourth-order valence-corrected chi connectivity index (χ4v) is 2.53. The number of nitrogens with two attached hydrogens (primary N) is 1. The molecule has 1 amide bonds. The molecule has 3 N–H and O–H groups in total. The molecule has 2 unspecified atom stereocenters. The highest BCUT2D eigenvalue weighted by molar-refractivity contribution is 5.86. The lowest BCUT2D eigenvalue weighted by Crippen LogP contribution is -2.46. The van der Waals surface area contributed by atoms with Crippen LogP contribution >= 0.6 is 0 Å². The molecule has 2 rings (SSSR count). The maximum Gasteiger partial charge on any atom is 0.242 e. The van der Waals surface area contributed by atoms with Gasteiger partial charge >= 0.3 is 0 Å². The van der Waals surface area contributed by atoms with Crippen molar-refractivity contribution in [2.24, 2.45) is 5.73 Å². The maximum absolute atomic E-state index is 12.3. The number of hydrogen-bond acceptors (Lipinski definition) is 3. The zero-order chi connectivity index (χ0) is 13.8. The average Bonchev–Trinajstić information content (AvgIpc) is 2.51. The van der Waals surface area contributed by atoms with E-state index >= 15 is 0 Å². The number of carbonyl (C=O) groups excluding carboxylic acids is 1. The monoisotopic (exact) mass is 261 g/mol. The van der Waals surface area contributed by atoms with E-state index in [-0.39, 0.29) is 18.0 Å². The Bertz CT molecular complexity index is 430. The van der Waals surface area contributed by atoms with E-state index in [1.165, 1.54) is 5.56 Å². The summed E-state index contributed by atoms with van der Waals surface area (Å²) in [6, 6.07) is 8.41. The van der Waals surface area contributed by atoms with Crippen LogP contribution in [-0.4, -0.2) is 31.1 Å². The van der Waals surface area contributed by atoms with Gasteiger partial charge in [0.1, 0.15) is 6.04 Å². The van der Waals surface area contributed by atoms with Crippen molar-refractivity contribution in [3.63, 3.8) is 0 Å². The highest BCUT2D eigenvalue weighted by Gasteiger charge is 2.29. The second-order valence-corrected chi connectivity index (χ2v) is 5.32. The predicted molar refractivity (Wildman–Crippen MR) is 78.2 cm³/mol. The van der Waals surface area contributed by atoms with Crippen LogP contribution in [0.1, 0.15) is 25.3 Å². The van der Waals surface area contributed by atoms with Crippen LogP contribution in [-0.2, 0) is 4.79 Å². The summed E-state index contributed by atoms with van der Waals surface area (Å²) in [6.45, 7) is 5.52. The maximum atomic E-state index is 12.3. The number of aryl methyl sites for hydroxylation is 1. The second kappa shape index (κ2) is 6.06. The van der Waals surface area contributed by atoms with Gasteiger partial charge < -0.3 is 16.0 Å². The lowest BCUT2D eigenvalue weighted by Gasteiger charge is -2.30. The molecule has 1 aromatic carbocycles. The van der Waals surface area contributed by atoms with Crippen LogP contribution < -0.4 is 16.0 Å². The standard InChI is InChI=1S/C15H23N3O/c1-11-3-5-13(6-4-11)18-10-8-12(2)17-15(19)14(18)7-9-16/h3-6,12,14H,7-10,16H2,1-2H3,(H,17,19). The fourth-order valence-electron chi connectivity index (χ4n) is 2.53. The molecule has 1 aromatic rings. The van der Waals surface area contributed by atoms with Crippen molar-refractivity contribution >= 4 is 11.6 Å². The van der Waals surface area contributed by atoms with Crippen LogP contribution in [0, 0.1) is 6.92 Å². The number of anilines is 1. The summed E-state index contributed by atoms with van der Waals surface area (Å²) in [6.07, 6.45) is 1.65. The minimum Gasteiger partial charge on any atom is -0.359 e. The molecule has 1 heterocycles. The van der Waals surface area contributed by atoms with Crippen molar-refractivity contribution in [1.29, 1.82) is 0 Å². The van der Waals surface area contributed by atoms with Crippen LogP contribution in [0.5, 0.6) is 0 Å². The number of nitrogens with zero attached hydrogens (tertiary/aromatic N) is 1. The largest absolute Gasteiger partial charge is 0.359 e. The van der Waals surface area contributed by atoms with Crippen LogP contribution in [0.4, 0.5) is 5.69 Å². The highest BCUT2D eigenvalue weighted by atomic mass is 16.2. The van der Waals surface area contributed by atoms with E-state index in [0.29, 0.717) is 13.0 Å². The quantitative estimate of drug-likeness (QED) is 0.865. The molecule has 0 bridgehead atoms. The van der Waals surface area contributed by atoms with Gasteiger partial charge in [-0.2, -0.15) is 0 Å². The zero-order valence-electron chi connectivity index (χ0n) is 11.7. The number of rotatable bonds is 3. The Morgan fingerprint density at radius 1 is 1.37 bits per heavy atom. The van der Waals surface area contributed by atoms with Gasteiger partial charge in [0, 0.05) is 18.3 Å². The highest BCUT2D eigenvalue weighted by Crippen LogP contribution is 2.22. The molecule has 1 aliphatic rings. The van der Waals surface area contributed by atoms with Gasteiger partial charge in [0.2, 0.25) is 5.91 Å². The minimum atomic E-state index is -0.155.